The van der Waals surface area contributed by atoms with Gasteiger partial charge in [-0.25, -0.2) is 15.0 Å². The molecule has 0 amide bonds. The zero-order chi connectivity index (χ0) is 50.7. The monoisotopic (exact) mass is 973 g/mol. The summed E-state index contributed by atoms with van der Waals surface area (Å²) in [7, 11) is 0. The molecule has 0 unspecified atom stereocenters. The van der Waals surface area contributed by atoms with Crippen LogP contribution in [-0.2, 0) is 0 Å². The smallest absolute Gasteiger partial charge is 0.164 e. The van der Waals surface area contributed by atoms with Crippen LogP contribution in [0.4, 0.5) is 0 Å². The lowest BCUT2D eigenvalue weighted by molar-refractivity contribution is 0.669. The lowest BCUT2D eigenvalue weighted by atomic mass is 9.98. The minimum atomic E-state index is 0.586. The summed E-state index contributed by atoms with van der Waals surface area (Å²) >= 11 is 0. The first-order chi connectivity index (χ1) is 37.6. The van der Waals surface area contributed by atoms with E-state index in [1.165, 1.54) is 21.5 Å². The summed E-state index contributed by atoms with van der Waals surface area (Å²) in [6.45, 7) is 6.15. The Labute approximate surface area is 439 Å². The first-order valence-corrected chi connectivity index (χ1v) is 25.6. The topological polar surface area (TPSA) is 61.7 Å². The van der Waals surface area contributed by atoms with Gasteiger partial charge in [0.25, 0.3) is 0 Å². The van der Waals surface area contributed by atoms with Gasteiger partial charge in [-0.2, -0.15) is 0 Å². The van der Waals surface area contributed by atoms with Crippen molar-refractivity contribution in [1.29, 1.82) is 0 Å². The Bertz CT molecular complexity index is 4600. The molecule has 0 saturated carbocycles. The van der Waals surface area contributed by atoms with Gasteiger partial charge >= 0.3 is 0 Å². The Hall–Kier alpha value is -10.2. The van der Waals surface area contributed by atoms with Gasteiger partial charge in [-0.05, 0) is 125 Å². The van der Waals surface area contributed by atoms with Crippen LogP contribution in [-0.4, -0.2) is 24.1 Å². The number of fused-ring (bicyclic) bond motifs is 9. The number of rotatable bonds is 10. The van der Waals surface area contributed by atoms with Gasteiger partial charge in [-0.15, -0.1) is 0 Å². The molecule has 0 fully saturated rings. The third kappa shape index (κ3) is 7.54. The molecule has 14 rings (SSSR count). The Morgan fingerprint density at radius 1 is 0.408 bits per heavy atom. The molecule has 0 spiro atoms. The number of hydrogen-bond donors (Lipinski definition) is 0. The summed E-state index contributed by atoms with van der Waals surface area (Å²) in [5, 5.41) is 6.71. The molecule has 6 heteroatoms. The van der Waals surface area contributed by atoms with Crippen LogP contribution in [0.3, 0.4) is 0 Å². The van der Waals surface area contributed by atoms with E-state index in [2.05, 4.69) is 186 Å². The van der Waals surface area contributed by atoms with Crippen LogP contribution in [0.2, 0.25) is 0 Å². The summed E-state index contributed by atoms with van der Waals surface area (Å²) in [5.41, 5.74) is 17.8. The lowest BCUT2D eigenvalue weighted by Crippen LogP contribution is -2.00. The van der Waals surface area contributed by atoms with Gasteiger partial charge in [-0.1, -0.05) is 176 Å². The van der Waals surface area contributed by atoms with Gasteiger partial charge in [0.05, 0.1) is 22.1 Å². The molecule has 0 radical (unpaired) electrons. The summed E-state index contributed by atoms with van der Waals surface area (Å²) in [6, 6.07) is 81.7. The Morgan fingerprint density at radius 3 is 1.53 bits per heavy atom. The molecule has 0 saturated heterocycles. The van der Waals surface area contributed by atoms with E-state index < -0.39 is 0 Å². The van der Waals surface area contributed by atoms with Gasteiger partial charge in [0, 0.05) is 60.4 Å². The highest BCUT2D eigenvalue weighted by Crippen LogP contribution is 2.42. The zero-order valence-corrected chi connectivity index (χ0v) is 41.6. The maximum atomic E-state index is 6.59. The Balaban J connectivity index is 0.909. The van der Waals surface area contributed by atoms with Crippen LogP contribution in [0.1, 0.15) is 12.5 Å². The van der Waals surface area contributed by atoms with Crippen LogP contribution >= 0.6 is 0 Å². The minimum absolute atomic E-state index is 0.586. The second-order valence-corrected chi connectivity index (χ2v) is 19.2. The van der Waals surface area contributed by atoms with Crippen molar-refractivity contribution in [1.82, 2.24) is 24.1 Å². The summed E-state index contributed by atoms with van der Waals surface area (Å²) in [4.78, 5) is 15.2. The van der Waals surface area contributed by atoms with Crippen LogP contribution in [0, 0.1) is 0 Å². The van der Waals surface area contributed by atoms with Crippen molar-refractivity contribution in [3.05, 3.63) is 267 Å². The highest BCUT2D eigenvalue weighted by Gasteiger charge is 2.21. The van der Waals surface area contributed by atoms with E-state index in [0.717, 1.165) is 105 Å². The highest BCUT2D eigenvalue weighted by atomic mass is 16.3. The first-order valence-electron chi connectivity index (χ1n) is 25.6. The van der Waals surface area contributed by atoms with Crippen molar-refractivity contribution < 1.29 is 4.42 Å². The van der Waals surface area contributed by atoms with E-state index in [0.29, 0.717) is 17.5 Å². The third-order valence-electron chi connectivity index (χ3n) is 14.7. The molecule has 6 nitrogen and oxygen atoms in total. The van der Waals surface area contributed by atoms with Gasteiger partial charge in [0.2, 0.25) is 0 Å². The molecule has 0 aliphatic heterocycles. The summed E-state index contributed by atoms with van der Waals surface area (Å²) < 4.78 is 11.4. The fraction of sp³-hybridized carbons (Fsp3) is 0.0143. The number of hydrogen-bond acceptors (Lipinski definition) is 4. The van der Waals surface area contributed by atoms with Crippen molar-refractivity contribution >= 4 is 71.1 Å². The number of benzene rings is 10. The molecular formula is C70H47N5O. The Morgan fingerprint density at radius 2 is 0.908 bits per heavy atom. The van der Waals surface area contributed by atoms with Crippen LogP contribution < -0.4 is 0 Å². The van der Waals surface area contributed by atoms with Crippen LogP contribution in [0.15, 0.2) is 266 Å². The maximum Gasteiger partial charge on any atom is 0.164 e. The highest BCUT2D eigenvalue weighted by molar-refractivity contribution is 6.15. The number of allylic oxidation sites excluding steroid dienone is 5. The van der Waals surface area contributed by atoms with E-state index in [9.17, 15) is 0 Å². The van der Waals surface area contributed by atoms with Gasteiger partial charge in [-0.3, -0.25) is 0 Å². The van der Waals surface area contributed by atoms with E-state index in [4.69, 9.17) is 19.4 Å². The van der Waals surface area contributed by atoms with E-state index >= 15 is 0 Å². The number of nitrogens with zero attached hydrogens (tertiary/aromatic N) is 5. The molecule has 0 atom stereocenters. The normalized spacial score (nSPS) is 12.1. The first kappa shape index (κ1) is 44.5. The number of para-hydroxylation sites is 2. The van der Waals surface area contributed by atoms with Gasteiger partial charge in [0.15, 0.2) is 17.5 Å². The molecule has 10 aromatic carbocycles. The fourth-order valence-corrected chi connectivity index (χ4v) is 11.1. The standard InChI is InChI=1S/C70H47N5O/c1-3-5-19-45(4-2)48-24-17-27-54(40-48)75-61-30-16-15-28-55(61)57-41-49(32-36-62(57)75)50-33-37-63-58(42-50)59-43-51(34-38-64(59)74(63)53-25-13-8-14-26-53)52-35-39-65-60(44-52)67-56(29-18-31-66(67)76-65)70-72-68(46-20-9-6-10-21-46)71-69(73-70)47-22-11-7-12-23-47/h3-44H,2H2,1H3/b5-3-,45-19+. The molecule has 4 heterocycles. The van der Waals surface area contributed by atoms with Gasteiger partial charge in [0.1, 0.15) is 11.2 Å². The molecular weight excluding hydrogens is 927 g/mol. The predicted molar refractivity (Wildman–Crippen MR) is 316 cm³/mol. The molecule has 4 aromatic heterocycles. The van der Waals surface area contributed by atoms with Crippen molar-refractivity contribution in [2.24, 2.45) is 0 Å². The fourth-order valence-electron chi connectivity index (χ4n) is 11.1. The van der Waals surface area contributed by atoms with E-state index in [-0.39, 0.29) is 0 Å². The lowest BCUT2D eigenvalue weighted by Gasteiger charge is -2.11. The van der Waals surface area contributed by atoms with Crippen molar-refractivity contribution in [3.63, 3.8) is 0 Å². The van der Waals surface area contributed by atoms with Crippen molar-refractivity contribution in [2.45, 2.75) is 6.92 Å². The average molecular weight is 974 g/mol. The predicted octanol–water partition coefficient (Wildman–Crippen LogP) is 18.4. The second-order valence-electron chi connectivity index (χ2n) is 19.2. The van der Waals surface area contributed by atoms with E-state index in [1.54, 1.807) is 0 Å². The molecule has 76 heavy (non-hydrogen) atoms. The maximum absolute atomic E-state index is 6.59. The molecule has 0 aliphatic carbocycles. The summed E-state index contributed by atoms with van der Waals surface area (Å²) in [6.07, 6.45) is 8.13. The van der Waals surface area contributed by atoms with Crippen molar-refractivity contribution in [2.75, 3.05) is 0 Å². The molecule has 0 bridgehead atoms. The quantitative estimate of drug-likeness (QED) is 0.128. The number of aromatic nitrogens is 5. The van der Waals surface area contributed by atoms with Crippen LogP contribution in [0.25, 0.3) is 139 Å². The van der Waals surface area contributed by atoms with Crippen LogP contribution in [0.5, 0.6) is 0 Å². The molecule has 0 aliphatic rings. The SMILES string of the molecule is C=C/C(=C\C=C/C)c1cccc(-n2c3ccccc3c3cc(-c4ccc5c(c4)c4cc(-c6ccc7oc8cccc(-c9nc(-c%10ccccc%10)nc(-c%10ccccc%10)n9)c8c7c6)ccc4n5-c4ccccc4)ccc32)c1. The van der Waals surface area contributed by atoms with Gasteiger partial charge < -0.3 is 13.6 Å². The molecule has 0 N–H and O–H groups in total. The average Bonchev–Trinajstić information content (AvgIpc) is 4.24. The minimum Gasteiger partial charge on any atom is -0.456 e. The number of furan rings is 1. The zero-order valence-electron chi connectivity index (χ0n) is 41.6. The van der Waals surface area contributed by atoms with Crippen molar-refractivity contribution in [3.8, 4) is 67.8 Å². The van der Waals surface area contributed by atoms with E-state index in [1.807, 2.05) is 91.9 Å². The Kier molecular flexibility index (Phi) is 10.8. The third-order valence-corrected chi connectivity index (χ3v) is 14.7. The largest absolute Gasteiger partial charge is 0.456 e. The second kappa shape index (κ2) is 18.4. The molecule has 14 aromatic rings. The summed E-state index contributed by atoms with van der Waals surface area (Å²) in [5.74, 6) is 1.81. The molecule has 358 valence electrons.